The normalized spacial score (nSPS) is 12.7. The molecule has 0 spiro atoms. The molecular formula is C19H22ClFN2O. The van der Waals surface area contributed by atoms with E-state index in [-0.39, 0.29) is 29.7 Å². The van der Waals surface area contributed by atoms with E-state index in [0.717, 1.165) is 5.56 Å². The van der Waals surface area contributed by atoms with Crippen LogP contribution in [-0.4, -0.2) is 12.5 Å². The molecule has 2 aromatic carbocycles. The van der Waals surface area contributed by atoms with Crippen LogP contribution in [0.1, 0.15) is 32.4 Å². The first-order valence-electron chi connectivity index (χ1n) is 7.80. The second-order valence-electron chi connectivity index (χ2n) is 6.76. The van der Waals surface area contributed by atoms with Crippen molar-refractivity contribution in [3.8, 4) is 0 Å². The van der Waals surface area contributed by atoms with Gasteiger partial charge in [0.25, 0.3) is 0 Å². The molecule has 3 nitrogen and oxygen atoms in total. The van der Waals surface area contributed by atoms with Crippen molar-refractivity contribution in [2.45, 2.75) is 26.8 Å². The third-order valence-corrected chi connectivity index (χ3v) is 4.01. The molecule has 128 valence electrons. The van der Waals surface area contributed by atoms with Crippen molar-refractivity contribution in [1.29, 1.82) is 0 Å². The van der Waals surface area contributed by atoms with Crippen LogP contribution in [0.5, 0.6) is 0 Å². The zero-order valence-corrected chi connectivity index (χ0v) is 14.8. The summed E-state index contributed by atoms with van der Waals surface area (Å²) in [5.74, 6) is -0.456. The lowest BCUT2D eigenvalue weighted by atomic mass is 9.82. The van der Waals surface area contributed by atoms with Crippen LogP contribution in [0.3, 0.4) is 0 Å². The number of rotatable bonds is 5. The number of benzene rings is 2. The van der Waals surface area contributed by atoms with E-state index in [1.54, 1.807) is 30.3 Å². The minimum Gasteiger partial charge on any atom is -0.324 e. The predicted molar refractivity (Wildman–Crippen MR) is 96.7 cm³/mol. The Bertz CT molecular complexity index is 695. The highest BCUT2D eigenvalue weighted by atomic mass is 35.5. The second-order valence-corrected chi connectivity index (χ2v) is 7.17. The minimum absolute atomic E-state index is 0.0879. The summed E-state index contributed by atoms with van der Waals surface area (Å²) in [5, 5.41) is 6.54. The summed E-state index contributed by atoms with van der Waals surface area (Å²) in [6, 6.07) is 13.3. The zero-order chi connectivity index (χ0) is 17.7. The summed E-state index contributed by atoms with van der Waals surface area (Å²) in [6.07, 6.45) is 0. The van der Waals surface area contributed by atoms with E-state index in [2.05, 4.69) is 31.4 Å². The summed E-state index contributed by atoms with van der Waals surface area (Å²) in [4.78, 5) is 12.2. The maximum Gasteiger partial charge on any atom is 0.238 e. The van der Waals surface area contributed by atoms with Crippen molar-refractivity contribution in [3.05, 3.63) is 64.9 Å². The summed E-state index contributed by atoms with van der Waals surface area (Å²) in [7, 11) is 0. The van der Waals surface area contributed by atoms with Crippen LogP contribution in [-0.2, 0) is 4.79 Å². The van der Waals surface area contributed by atoms with Crippen LogP contribution < -0.4 is 10.6 Å². The number of anilines is 1. The highest BCUT2D eigenvalue weighted by molar-refractivity contribution is 6.33. The molecule has 2 rings (SSSR count). The molecule has 1 amide bonds. The average molecular weight is 349 g/mol. The SMILES string of the molecule is CC(C)(C)C(NCC(=O)Nc1ccccc1Cl)c1ccc(F)cc1. The summed E-state index contributed by atoms with van der Waals surface area (Å²) in [5.41, 5.74) is 1.39. The molecular weight excluding hydrogens is 327 g/mol. The van der Waals surface area contributed by atoms with Gasteiger partial charge in [0.2, 0.25) is 5.91 Å². The van der Waals surface area contributed by atoms with Gasteiger partial charge in [-0.3, -0.25) is 4.79 Å². The van der Waals surface area contributed by atoms with Gasteiger partial charge in [-0.15, -0.1) is 0 Å². The fourth-order valence-corrected chi connectivity index (χ4v) is 2.71. The van der Waals surface area contributed by atoms with Gasteiger partial charge in [0.1, 0.15) is 5.82 Å². The van der Waals surface area contributed by atoms with Crippen molar-refractivity contribution < 1.29 is 9.18 Å². The third kappa shape index (κ3) is 5.05. The Morgan fingerprint density at radius 3 is 2.33 bits per heavy atom. The molecule has 5 heteroatoms. The predicted octanol–water partition coefficient (Wildman–Crippen LogP) is 4.79. The van der Waals surface area contributed by atoms with E-state index in [1.165, 1.54) is 12.1 Å². The maximum absolute atomic E-state index is 13.1. The lowest BCUT2D eigenvalue weighted by molar-refractivity contribution is -0.115. The van der Waals surface area contributed by atoms with Gasteiger partial charge in [0, 0.05) is 6.04 Å². The van der Waals surface area contributed by atoms with Gasteiger partial charge in [0.05, 0.1) is 17.3 Å². The van der Waals surface area contributed by atoms with Crippen molar-refractivity contribution in [3.63, 3.8) is 0 Å². The van der Waals surface area contributed by atoms with Gasteiger partial charge >= 0.3 is 0 Å². The number of halogens is 2. The number of amides is 1. The smallest absolute Gasteiger partial charge is 0.238 e. The minimum atomic E-state index is -0.275. The van der Waals surface area contributed by atoms with Gasteiger partial charge in [-0.05, 0) is 35.2 Å². The number of carbonyl (C=O) groups excluding carboxylic acids is 1. The molecule has 24 heavy (non-hydrogen) atoms. The summed E-state index contributed by atoms with van der Waals surface area (Å²) >= 11 is 6.04. The lowest BCUT2D eigenvalue weighted by Crippen LogP contribution is -2.37. The largest absolute Gasteiger partial charge is 0.324 e. The highest BCUT2D eigenvalue weighted by Crippen LogP contribution is 2.32. The highest BCUT2D eigenvalue weighted by Gasteiger charge is 2.26. The molecule has 0 bridgehead atoms. The van der Waals surface area contributed by atoms with E-state index in [0.29, 0.717) is 10.7 Å². The summed E-state index contributed by atoms with van der Waals surface area (Å²) in [6.45, 7) is 6.34. The first kappa shape index (κ1) is 18.4. The Morgan fingerprint density at radius 1 is 1.12 bits per heavy atom. The Kier molecular flexibility index (Phi) is 5.97. The van der Waals surface area contributed by atoms with E-state index in [4.69, 9.17) is 11.6 Å². The fourth-order valence-electron chi connectivity index (χ4n) is 2.53. The molecule has 2 N–H and O–H groups in total. The van der Waals surface area contributed by atoms with Crippen LogP contribution in [0.2, 0.25) is 5.02 Å². The van der Waals surface area contributed by atoms with Gasteiger partial charge in [-0.1, -0.05) is 56.6 Å². The van der Waals surface area contributed by atoms with Gasteiger partial charge in [-0.2, -0.15) is 0 Å². The molecule has 2 aromatic rings. The van der Waals surface area contributed by atoms with Gasteiger partial charge in [0.15, 0.2) is 0 Å². The van der Waals surface area contributed by atoms with Gasteiger partial charge in [-0.25, -0.2) is 4.39 Å². The molecule has 1 atom stereocenters. The molecule has 0 fully saturated rings. The fraction of sp³-hybridized carbons (Fsp3) is 0.316. The zero-order valence-electron chi connectivity index (χ0n) is 14.1. The molecule has 0 aliphatic rings. The van der Waals surface area contributed by atoms with E-state index in [9.17, 15) is 9.18 Å². The Balaban J connectivity index is 2.04. The number of hydrogen-bond donors (Lipinski definition) is 2. The molecule has 0 aliphatic heterocycles. The molecule has 0 heterocycles. The van der Waals surface area contributed by atoms with E-state index in [1.807, 2.05) is 6.07 Å². The van der Waals surface area contributed by atoms with Crippen molar-refractivity contribution in [2.75, 3.05) is 11.9 Å². The number of hydrogen-bond acceptors (Lipinski definition) is 2. The second kappa shape index (κ2) is 7.77. The maximum atomic E-state index is 13.1. The molecule has 1 unspecified atom stereocenters. The molecule has 0 aromatic heterocycles. The number of nitrogens with one attached hydrogen (secondary N) is 2. The average Bonchev–Trinajstić information content (AvgIpc) is 2.50. The van der Waals surface area contributed by atoms with E-state index >= 15 is 0 Å². The van der Waals surface area contributed by atoms with Crippen molar-refractivity contribution >= 4 is 23.2 Å². The van der Waals surface area contributed by atoms with Crippen LogP contribution in [0, 0.1) is 11.2 Å². The Morgan fingerprint density at radius 2 is 1.75 bits per heavy atom. The molecule has 0 saturated carbocycles. The van der Waals surface area contributed by atoms with Crippen LogP contribution in [0.15, 0.2) is 48.5 Å². The monoisotopic (exact) mass is 348 g/mol. The van der Waals surface area contributed by atoms with E-state index < -0.39 is 0 Å². The van der Waals surface area contributed by atoms with Gasteiger partial charge < -0.3 is 10.6 Å². The number of carbonyl (C=O) groups is 1. The van der Waals surface area contributed by atoms with Crippen molar-refractivity contribution in [1.82, 2.24) is 5.32 Å². The standard InChI is InChI=1S/C19H22ClFN2O/c1-19(2,3)18(13-8-10-14(21)11-9-13)22-12-17(24)23-16-7-5-4-6-15(16)20/h4-11,18,22H,12H2,1-3H3,(H,23,24). The van der Waals surface area contributed by atoms with Crippen molar-refractivity contribution in [2.24, 2.45) is 5.41 Å². The first-order valence-corrected chi connectivity index (χ1v) is 8.18. The Hall–Kier alpha value is -1.91. The molecule has 0 saturated heterocycles. The lowest BCUT2D eigenvalue weighted by Gasteiger charge is -2.32. The first-order chi connectivity index (χ1) is 11.3. The Labute approximate surface area is 147 Å². The topological polar surface area (TPSA) is 41.1 Å². The van der Waals surface area contributed by atoms with Crippen LogP contribution in [0.25, 0.3) is 0 Å². The quantitative estimate of drug-likeness (QED) is 0.815. The number of para-hydroxylation sites is 1. The molecule has 0 aliphatic carbocycles. The molecule has 0 radical (unpaired) electrons. The van der Waals surface area contributed by atoms with Crippen LogP contribution >= 0.6 is 11.6 Å². The third-order valence-electron chi connectivity index (χ3n) is 3.68. The summed E-state index contributed by atoms with van der Waals surface area (Å²) < 4.78 is 13.1. The van der Waals surface area contributed by atoms with Crippen LogP contribution in [0.4, 0.5) is 10.1 Å².